The van der Waals surface area contributed by atoms with Crippen molar-refractivity contribution >= 4 is 23.2 Å². The number of allylic oxidation sites excluding steroid dienone is 2. The van der Waals surface area contributed by atoms with Crippen molar-refractivity contribution in [1.82, 2.24) is 9.80 Å². The molecule has 1 amide bonds. The van der Waals surface area contributed by atoms with Gasteiger partial charge in [0.05, 0.1) is 35.9 Å². The maximum atomic E-state index is 13.5. The predicted molar refractivity (Wildman–Crippen MR) is 107 cm³/mol. The number of rotatable bonds is 3. The van der Waals surface area contributed by atoms with Crippen LogP contribution >= 0.6 is 12.2 Å². The smallest absolute Gasteiger partial charge is 0.392 e. The van der Waals surface area contributed by atoms with E-state index in [0.717, 1.165) is 18.1 Å². The molecule has 1 saturated heterocycles. The summed E-state index contributed by atoms with van der Waals surface area (Å²) in [5.74, 6) is -0.263. The second kappa shape index (κ2) is 7.36. The zero-order valence-corrected chi connectivity index (χ0v) is 16.8. The molecule has 5 nitrogen and oxygen atoms in total. The molecule has 0 aromatic rings. The Hall–Kier alpha value is -2.44. The van der Waals surface area contributed by atoms with Gasteiger partial charge in [0.2, 0.25) is 0 Å². The van der Waals surface area contributed by atoms with Crippen LogP contribution in [0.1, 0.15) is 32.1 Å². The highest BCUT2D eigenvalue weighted by Crippen LogP contribution is 2.48. The molecule has 9 heteroatoms. The van der Waals surface area contributed by atoms with Crippen LogP contribution < -0.4 is 0 Å². The fourth-order valence-corrected chi connectivity index (χ4v) is 5.17. The normalized spacial score (nSPS) is 28.2. The summed E-state index contributed by atoms with van der Waals surface area (Å²) in [6.45, 7) is -0.0789. The molecule has 2 atom stereocenters. The van der Waals surface area contributed by atoms with Crippen LogP contribution in [-0.2, 0) is 4.79 Å². The molecule has 4 aliphatic rings. The number of hydrogen-bond acceptors (Lipinski definition) is 4. The predicted octanol–water partition coefficient (Wildman–Crippen LogP) is 3.30. The van der Waals surface area contributed by atoms with Crippen LogP contribution in [0, 0.1) is 11.3 Å². The van der Waals surface area contributed by atoms with E-state index in [1.165, 1.54) is 11.0 Å². The summed E-state index contributed by atoms with van der Waals surface area (Å²) in [4.78, 5) is 16.6. The van der Waals surface area contributed by atoms with Gasteiger partial charge in [-0.05, 0) is 49.6 Å². The van der Waals surface area contributed by atoms with E-state index in [-0.39, 0.29) is 23.7 Å². The lowest BCUT2D eigenvalue weighted by Gasteiger charge is -2.46. The van der Waals surface area contributed by atoms with Crippen molar-refractivity contribution in [3.05, 3.63) is 47.1 Å². The number of nitriles is 1. The quantitative estimate of drug-likeness (QED) is 0.689. The molecule has 1 saturated carbocycles. The monoisotopic (exact) mass is 435 g/mol. The van der Waals surface area contributed by atoms with Crippen molar-refractivity contribution in [2.45, 2.75) is 55.9 Å². The Bertz CT molecular complexity index is 954. The third-order valence-corrected chi connectivity index (χ3v) is 6.75. The van der Waals surface area contributed by atoms with Crippen LogP contribution in [0.25, 0.3) is 0 Å². The largest absolute Gasteiger partial charge is 0.414 e. The highest BCUT2D eigenvalue weighted by Gasteiger charge is 2.61. The van der Waals surface area contributed by atoms with E-state index in [1.54, 1.807) is 12.1 Å². The average Bonchev–Trinajstić information content (AvgIpc) is 2.93. The topological polar surface area (TPSA) is 67.6 Å². The van der Waals surface area contributed by atoms with Crippen LogP contribution in [-0.4, -0.2) is 56.3 Å². The van der Waals surface area contributed by atoms with Crippen molar-refractivity contribution in [3.8, 4) is 6.07 Å². The van der Waals surface area contributed by atoms with Crippen LogP contribution in [0.3, 0.4) is 0 Å². The first kappa shape index (κ1) is 20.8. The van der Waals surface area contributed by atoms with E-state index in [4.69, 9.17) is 17.5 Å². The third-order valence-electron chi connectivity index (χ3n) is 6.36. The van der Waals surface area contributed by atoms with Gasteiger partial charge < -0.3 is 10.0 Å². The Morgan fingerprint density at radius 2 is 1.97 bits per heavy atom. The van der Waals surface area contributed by atoms with Gasteiger partial charge in [0.15, 0.2) is 5.11 Å². The highest BCUT2D eigenvalue weighted by atomic mass is 32.1. The molecule has 158 valence electrons. The van der Waals surface area contributed by atoms with Gasteiger partial charge in [0.25, 0.3) is 5.91 Å². The van der Waals surface area contributed by atoms with Gasteiger partial charge in [-0.3, -0.25) is 9.69 Å². The first-order valence-corrected chi connectivity index (χ1v) is 10.2. The summed E-state index contributed by atoms with van der Waals surface area (Å²) in [6, 6.07) is 0.523. The molecule has 1 aliphatic heterocycles. The average molecular weight is 435 g/mol. The number of hydrogen-bond donors (Lipinski definition) is 1. The van der Waals surface area contributed by atoms with E-state index in [9.17, 15) is 23.1 Å². The van der Waals surface area contributed by atoms with E-state index < -0.39 is 35.3 Å². The molecule has 3 aliphatic carbocycles. The van der Waals surface area contributed by atoms with Gasteiger partial charge in [0, 0.05) is 6.42 Å². The molecular formula is C21H20F3N3O2S. The van der Waals surface area contributed by atoms with Crippen LogP contribution in [0.15, 0.2) is 47.1 Å². The van der Waals surface area contributed by atoms with Gasteiger partial charge >= 0.3 is 6.18 Å². The number of carbonyl (C=O) groups is 1. The Balaban J connectivity index is 1.64. The zero-order valence-electron chi connectivity index (χ0n) is 16.0. The molecule has 4 rings (SSSR count). The van der Waals surface area contributed by atoms with E-state index in [1.807, 2.05) is 17.1 Å². The second-order valence-electron chi connectivity index (χ2n) is 7.94. The van der Waals surface area contributed by atoms with Crippen molar-refractivity contribution in [3.63, 3.8) is 0 Å². The summed E-state index contributed by atoms with van der Waals surface area (Å²) >= 11 is 5.63. The summed E-state index contributed by atoms with van der Waals surface area (Å²) in [6.07, 6.45) is 5.64. The lowest BCUT2D eigenvalue weighted by Crippen LogP contribution is -2.58. The summed E-state index contributed by atoms with van der Waals surface area (Å²) in [5, 5.41) is 18.6. The second-order valence-corrected chi connectivity index (χ2v) is 8.31. The number of carbonyl (C=O) groups excluding carboxylic acids is 1. The molecule has 1 N–H and O–H groups in total. The van der Waals surface area contributed by atoms with Gasteiger partial charge in [0.1, 0.15) is 5.54 Å². The number of alkyl halides is 3. The van der Waals surface area contributed by atoms with E-state index in [2.05, 4.69) is 0 Å². The summed E-state index contributed by atoms with van der Waals surface area (Å²) in [7, 11) is 0. The SMILES string of the molecule is N#CC1=C(C(F)(F)F)C[C@H](N2C(=O)C3(CCC3)N([C@H]3C=CC(CO)=CC3)C2=S)C=C1. The van der Waals surface area contributed by atoms with E-state index in [0.29, 0.717) is 19.3 Å². The number of thiocarbonyl (C=S) groups is 1. The zero-order chi connectivity index (χ0) is 21.7. The fraction of sp³-hybridized carbons (Fsp3) is 0.476. The minimum Gasteiger partial charge on any atom is -0.392 e. The van der Waals surface area contributed by atoms with Gasteiger partial charge in [-0.25, -0.2) is 0 Å². The van der Waals surface area contributed by atoms with Gasteiger partial charge in [-0.2, -0.15) is 18.4 Å². The molecule has 0 bridgehead atoms. The molecule has 0 aromatic carbocycles. The Labute approximate surface area is 177 Å². The molecule has 30 heavy (non-hydrogen) atoms. The fourth-order valence-electron chi connectivity index (χ4n) is 4.64. The minimum atomic E-state index is -4.65. The van der Waals surface area contributed by atoms with E-state index >= 15 is 0 Å². The van der Waals surface area contributed by atoms with Crippen LogP contribution in [0.5, 0.6) is 0 Å². The molecule has 1 spiro atoms. The number of amides is 1. The Kier molecular flexibility index (Phi) is 5.11. The molecule has 0 radical (unpaired) electrons. The number of aliphatic hydroxyl groups excluding tert-OH is 1. The molecule has 1 heterocycles. The summed E-state index contributed by atoms with van der Waals surface area (Å²) in [5.41, 5.74) is -1.39. The third kappa shape index (κ3) is 3.10. The molecular weight excluding hydrogens is 415 g/mol. The Morgan fingerprint density at radius 3 is 2.47 bits per heavy atom. The standard InChI is InChI=1S/C21H20F3N3O2S/c22-21(23,24)17-10-16(7-4-14(17)11-25)26-18(29)20(8-1-9-20)27(19(26)30)15-5-2-13(12-28)3-6-15/h2-5,7,15-16,28H,1,6,8-10,12H2/t15-,16+/m0/s1. The first-order valence-electron chi connectivity index (χ1n) is 9.76. The van der Waals surface area contributed by atoms with Gasteiger partial charge in [-0.1, -0.05) is 24.3 Å². The number of aliphatic hydroxyl groups is 1. The maximum absolute atomic E-state index is 13.5. The summed E-state index contributed by atoms with van der Waals surface area (Å²) < 4.78 is 40.4. The Morgan fingerprint density at radius 1 is 1.27 bits per heavy atom. The molecule has 0 aromatic heterocycles. The first-order chi connectivity index (χ1) is 14.2. The number of nitrogens with zero attached hydrogens (tertiary/aromatic N) is 3. The highest BCUT2D eigenvalue weighted by molar-refractivity contribution is 7.80. The van der Waals surface area contributed by atoms with Crippen LogP contribution in [0.2, 0.25) is 0 Å². The molecule has 2 fully saturated rings. The van der Waals surface area contributed by atoms with Crippen LogP contribution in [0.4, 0.5) is 13.2 Å². The molecule has 0 unspecified atom stereocenters. The van der Waals surface area contributed by atoms with Crippen molar-refractivity contribution in [2.24, 2.45) is 0 Å². The maximum Gasteiger partial charge on any atom is 0.414 e. The van der Waals surface area contributed by atoms with Crippen molar-refractivity contribution in [2.75, 3.05) is 6.61 Å². The number of halogens is 3. The lowest BCUT2D eigenvalue weighted by molar-refractivity contribution is -0.139. The van der Waals surface area contributed by atoms with Crippen molar-refractivity contribution < 1.29 is 23.1 Å². The van der Waals surface area contributed by atoms with Gasteiger partial charge in [-0.15, -0.1) is 0 Å². The van der Waals surface area contributed by atoms with Crippen molar-refractivity contribution in [1.29, 1.82) is 5.26 Å². The minimum absolute atomic E-state index is 0.0789. The lowest BCUT2D eigenvalue weighted by atomic mass is 9.74.